The average molecular weight is 493 g/mol. The molecule has 3 aromatic rings. The van der Waals surface area contributed by atoms with Gasteiger partial charge in [0.2, 0.25) is 0 Å². The van der Waals surface area contributed by atoms with E-state index in [1.54, 1.807) is 36.9 Å². The lowest BCUT2D eigenvalue weighted by Gasteiger charge is -2.12. The van der Waals surface area contributed by atoms with Gasteiger partial charge in [0.05, 0.1) is 19.1 Å². The Morgan fingerprint density at radius 3 is 2.49 bits per heavy atom. The van der Waals surface area contributed by atoms with E-state index >= 15 is 0 Å². The summed E-state index contributed by atoms with van der Waals surface area (Å²) >= 11 is 1.55. The molecule has 182 valence electrons. The van der Waals surface area contributed by atoms with Crippen molar-refractivity contribution in [1.29, 1.82) is 0 Å². The molecule has 0 aliphatic carbocycles. The molecule has 0 saturated carbocycles. The maximum atomic E-state index is 13.2. The van der Waals surface area contributed by atoms with Crippen LogP contribution in [0.4, 0.5) is 0 Å². The lowest BCUT2D eigenvalue weighted by molar-refractivity contribution is -0.140. The SMILES string of the molecule is C=C(C)C(=O)OCc1ccc2sc3ccc(OCCCCCOC4C=COC=C4)cc3c(=O)c2c1. The third-order valence-corrected chi connectivity index (χ3v) is 6.64. The number of hydrogen-bond donors (Lipinski definition) is 0. The fourth-order valence-corrected chi connectivity index (χ4v) is 4.62. The van der Waals surface area contributed by atoms with Gasteiger partial charge >= 0.3 is 5.97 Å². The molecule has 1 aliphatic heterocycles. The van der Waals surface area contributed by atoms with Crippen LogP contribution >= 0.6 is 11.3 Å². The topological polar surface area (TPSA) is 71.1 Å². The van der Waals surface area contributed by atoms with Crippen molar-refractivity contribution >= 4 is 37.5 Å². The fourth-order valence-electron chi connectivity index (χ4n) is 3.59. The van der Waals surface area contributed by atoms with Gasteiger partial charge in [-0.25, -0.2) is 4.79 Å². The first-order valence-corrected chi connectivity index (χ1v) is 12.4. The fraction of sp³-hybridized carbons (Fsp3) is 0.286. The molecule has 2 heterocycles. The summed E-state index contributed by atoms with van der Waals surface area (Å²) in [6, 6.07) is 11.2. The van der Waals surface area contributed by atoms with Crippen molar-refractivity contribution in [2.45, 2.75) is 38.9 Å². The molecule has 0 atom stereocenters. The van der Waals surface area contributed by atoms with E-state index in [-0.39, 0.29) is 18.1 Å². The monoisotopic (exact) mass is 492 g/mol. The number of ether oxygens (including phenoxy) is 4. The number of esters is 1. The first-order valence-electron chi connectivity index (χ1n) is 11.6. The van der Waals surface area contributed by atoms with Crippen molar-refractivity contribution in [3.63, 3.8) is 0 Å². The minimum absolute atomic E-state index is 0.0153. The van der Waals surface area contributed by atoms with Gasteiger partial charge < -0.3 is 18.9 Å². The van der Waals surface area contributed by atoms with E-state index in [1.165, 1.54) is 0 Å². The van der Waals surface area contributed by atoms with Gasteiger partial charge in [-0.3, -0.25) is 4.79 Å². The van der Waals surface area contributed by atoms with E-state index in [2.05, 4.69) is 6.58 Å². The Bertz CT molecular complexity index is 1320. The Morgan fingerprint density at radius 1 is 1.00 bits per heavy atom. The first-order chi connectivity index (χ1) is 17.0. The molecule has 35 heavy (non-hydrogen) atoms. The third-order valence-electron chi connectivity index (χ3n) is 5.48. The molecule has 1 aliphatic rings. The predicted molar refractivity (Wildman–Crippen MR) is 139 cm³/mol. The molecule has 1 aromatic heterocycles. The highest BCUT2D eigenvalue weighted by atomic mass is 32.1. The van der Waals surface area contributed by atoms with Crippen LogP contribution in [0.1, 0.15) is 31.7 Å². The molecular weight excluding hydrogens is 464 g/mol. The zero-order chi connectivity index (χ0) is 24.6. The van der Waals surface area contributed by atoms with Gasteiger partial charge in [0, 0.05) is 32.4 Å². The van der Waals surface area contributed by atoms with Crippen LogP contribution in [0.3, 0.4) is 0 Å². The highest BCUT2D eigenvalue weighted by Gasteiger charge is 2.10. The maximum Gasteiger partial charge on any atom is 0.333 e. The summed E-state index contributed by atoms with van der Waals surface area (Å²) < 4.78 is 23.6. The van der Waals surface area contributed by atoms with Crippen molar-refractivity contribution in [1.82, 2.24) is 0 Å². The van der Waals surface area contributed by atoms with E-state index in [9.17, 15) is 9.59 Å². The van der Waals surface area contributed by atoms with Gasteiger partial charge in [-0.1, -0.05) is 12.6 Å². The van der Waals surface area contributed by atoms with E-state index in [1.807, 2.05) is 42.5 Å². The number of carbonyl (C=O) groups is 1. The molecule has 0 unspecified atom stereocenters. The van der Waals surface area contributed by atoms with Gasteiger partial charge in [-0.2, -0.15) is 0 Å². The molecule has 0 radical (unpaired) electrons. The molecule has 6 nitrogen and oxygen atoms in total. The van der Waals surface area contributed by atoms with Crippen molar-refractivity contribution in [3.8, 4) is 5.75 Å². The molecule has 4 rings (SSSR count). The molecule has 0 saturated heterocycles. The minimum Gasteiger partial charge on any atom is -0.494 e. The second-order valence-electron chi connectivity index (χ2n) is 8.31. The largest absolute Gasteiger partial charge is 0.494 e. The second kappa shape index (κ2) is 11.8. The number of rotatable bonds is 11. The van der Waals surface area contributed by atoms with Gasteiger partial charge in [-0.15, -0.1) is 11.3 Å². The van der Waals surface area contributed by atoms with Gasteiger partial charge in [0.1, 0.15) is 18.5 Å². The Labute approximate surface area is 208 Å². The normalized spacial score (nSPS) is 13.2. The van der Waals surface area contributed by atoms with Gasteiger partial charge in [0.25, 0.3) is 0 Å². The Hall–Kier alpha value is -3.42. The van der Waals surface area contributed by atoms with Crippen molar-refractivity contribution < 1.29 is 23.7 Å². The molecule has 0 N–H and O–H groups in total. The average Bonchev–Trinajstić information content (AvgIpc) is 2.87. The van der Waals surface area contributed by atoms with Crippen molar-refractivity contribution in [2.24, 2.45) is 0 Å². The van der Waals surface area contributed by atoms with E-state index in [4.69, 9.17) is 18.9 Å². The quantitative estimate of drug-likeness (QED) is 0.141. The summed E-state index contributed by atoms with van der Waals surface area (Å²) in [7, 11) is 0. The molecule has 0 spiro atoms. The van der Waals surface area contributed by atoms with Crippen LogP contribution in [0, 0.1) is 0 Å². The zero-order valence-corrected chi connectivity index (χ0v) is 20.5. The Morgan fingerprint density at radius 2 is 1.71 bits per heavy atom. The van der Waals surface area contributed by atoms with Crippen LogP contribution < -0.4 is 10.2 Å². The van der Waals surface area contributed by atoms with Crippen LogP contribution in [-0.2, 0) is 25.6 Å². The molecule has 2 aromatic carbocycles. The number of benzene rings is 2. The highest BCUT2D eigenvalue weighted by Crippen LogP contribution is 2.28. The minimum atomic E-state index is -0.447. The molecule has 0 fully saturated rings. The van der Waals surface area contributed by atoms with Gasteiger partial charge in [-0.05, 0) is 74.2 Å². The number of fused-ring (bicyclic) bond motifs is 2. The predicted octanol–water partition coefficient (Wildman–Crippen LogP) is 6.03. The van der Waals surface area contributed by atoms with Crippen LogP contribution in [0.25, 0.3) is 20.2 Å². The van der Waals surface area contributed by atoms with Crippen molar-refractivity contribution in [2.75, 3.05) is 13.2 Å². The second-order valence-corrected chi connectivity index (χ2v) is 9.40. The van der Waals surface area contributed by atoms with E-state index in [0.717, 1.165) is 34.2 Å². The third kappa shape index (κ3) is 6.59. The smallest absolute Gasteiger partial charge is 0.333 e. The van der Waals surface area contributed by atoms with Crippen LogP contribution in [-0.4, -0.2) is 25.3 Å². The number of hydrogen-bond acceptors (Lipinski definition) is 7. The standard InChI is InChI=1S/C28H28O6S/c1-19(2)28(30)34-18-20-6-8-25-23(16-20)27(29)24-17-22(7-9-26(24)35-25)33-13-5-3-4-12-32-21-10-14-31-15-11-21/h6-11,14-17,21H,1,3-5,12-13,18H2,2H3. The summed E-state index contributed by atoms with van der Waals surface area (Å²) in [4.78, 5) is 24.9. The number of carbonyl (C=O) groups excluding carboxylic acids is 1. The number of unbranched alkanes of at least 4 members (excludes halogenated alkanes) is 2. The van der Waals surface area contributed by atoms with Crippen LogP contribution in [0.15, 0.2) is 78.0 Å². The maximum absolute atomic E-state index is 13.2. The zero-order valence-electron chi connectivity index (χ0n) is 19.7. The van der Waals surface area contributed by atoms with Crippen LogP contribution in [0.5, 0.6) is 5.75 Å². The molecule has 7 heteroatoms. The summed E-state index contributed by atoms with van der Waals surface area (Å²) in [6.45, 7) is 6.54. The Balaban J connectivity index is 1.34. The van der Waals surface area contributed by atoms with Crippen LogP contribution in [0.2, 0.25) is 0 Å². The molecular formula is C28H28O6S. The first kappa shape index (κ1) is 24.7. The Kier molecular flexibility index (Phi) is 8.34. The van der Waals surface area contributed by atoms with Gasteiger partial charge in [0.15, 0.2) is 5.43 Å². The highest BCUT2D eigenvalue weighted by molar-refractivity contribution is 7.24. The molecule has 0 amide bonds. The van der Waals surface area contributed by atoms with E-state index < -0.39 is 5.97 Å². The lowest BCUT2D eigenvalue weighted by Crippen LogP contribution is -2.10. The summed E-state index contributed by atoms with van der Waals surface area (Å²) in [6.07, 6.45) is 9.81. The molecule has 0 bridgehead atoms. The lowest BCUT2D eigenvalue weighted by atomic mass is 10.1. The summed E-state index contributed by atoms with van der Waals surface area (Å²) in [5.74, 6) is 0.234. The summed E-state index contributed by atoms with van der Waals surface area (Å²) in [5.41, 5.74) is 1.05. The summed E-state index contributed by atoms with van der Waals surface area (Å²) in [5, 5.41) is 1.24. The van der Waals surface area contributed by atoms with Crippen molar-refractivity contribution in [3.05, 3.63) is 89.0 Å². The van der Waals surface area contributed by atoms with E-state index in [0.29, 0.717) is 35.3 Å².